The van der Waals surface area contributed by atoms with E-state index in [4.69, 9.17) is 5.73 Å². The van der Waals surface area contributed by atoms with E-state index in [0.29, 0.717) is 6.07 Å². The first-order valence-corrected chi connectivity index (χ1v) is 7.66. The molecule has 3 unspecified atom stereocenters. The second kappa shape index (κ2) is 5.94. The molecule has 1 aromatic carbocycles. The molecule has 3 N–H and O–H groups in total. The lowest BCUT2D eigenvalue weighted by molar-refractivity contribution is 0.142. The Morgan fingerprint density at radius 3 is 2.37 bits per heavy atom. The average molecular weight is 293 g/mol. The molecule has 4 nitrogen and oxygen atoms in total. The van der Waals surface area contributed by atoms with Crippen LogP contribution in [0.15, 0.2) is 18.2 Å². The van der Waals surface area contributed by atoms with Crippen molar-refractivity contribution in [3.8, 4) is 0 Å². The molecule has 0 saturated carbocycles. The maximum Gasteiger partial charge on any atom is 0.152 e. The normalized spacial score (nSPS) is 16.9. The lowest BCUT2D eigenvalue weighted by Gasteiger charge is -2.26. The van der Waals surface area contributed by atoms with Gasteiger partial charge in [-0.2, -0.15) is 0 Å². The SMILES string of the molecule is CC(C(O)C(CN)c1ccc(F)cc1F)S(C)(=O)=O. The zero-order valence-electron chi connectivity index (χ0n) is 10.7. The van der Waals surface area contributed by atoms with Crippen molar-refractivity contribution in [2.75, 3.05) is 12.8 Å². The zero-order chi connectivity index (χ0) is 14.8. The number of nitrogens with two attached hydrogens (primary N) is 1. The fourth-order valence-corrected chi connectivity index (χ4v) is 2.53. The summed E-state index contributed by atoms with van der Waals surface area (Å²) in [4.78, 5) is 0. The predicted molar refractivity (Wildman–Crippen MR) is 68.5 cm³/mol. The molecule has 7 heteroatoms. The van der Waals surface area contributed by atoms with Crippen LogP contribution in [0.4, 0.5) is 8.78 Å². The van der Waals surface area contributed by atoms with E-state index in [-0.39, 0.29) is 12.1 Å². The number of sulfone groups is 1. The molecule has 0 amide bonds. The standard InChI is InChI=1S/C12H17F2NO3S/c1-7(19(2,17)18)12(16)10(6-15)9-4-3-8(13)5-11(9)14/h3-5,7,10,12,16H,6,15H2,1-2H3. The van der Waals surface area contributed by atoms with Gasteiger partial charge in [0.1, 0.15) is 11.6 Å². The van der Waals surface area contributed by atoms with E-state index in [0.717, 1.165) is 12.3 Å². The molecule has 0 saturated heterocycles. The van der Waals surface area contributed by atoms with E-state index in [1.54, 1.807) is 0 Å². The number of halogens is 2. The Morgan fingerprint density at radius 2 is 1.95 bits per heavy atom. The Morgan fingerprint density at radius 1 is 1.37 bits per heavy atom. The summed E-state index contributed by atoms with van der Waals surface area (Å²) in [6.07, 6.45) is -0.380. The number of hydrogen-bond acceptors (Lipinski definition) is 4. The van der Waals surface area contributed by atoms with Gasteiger partial charge in [-0.25, -0.2) is 17.2 Å². The van der Waals surface area contributed by atoms with Gasteiger partial charge in [0.05, 0.1) is 11.4 Å². The van der Waals surface area contributed by atoms with Crippen LogP contribution in [0.1, 0.15) is 18.4 Å². The van der Waals surface area contributed by atoms with Crippen molar-refractivity contribution in [3.63, 3.8) is 0 Å². The van der Waals surface area contributed by atoms with Gasteiger partial charge in [-0.3, -0.25) is 0 Å². The second-order valence-electron chi connectivity index (χ2n) is 4.53. The van der Waals surface area contributed by atoms with E-state index in [1.807, 2.05) is 0 Å². The number of rotatable bonds is 5. The summed E-state index contributed by atoms with van der Waals surface area (Å²) in [5.74, 6) is -2.51. The first kappa shape index (κ1) is 16.0. The highest BCUT2D eigenvalue weighted by molar-refractivity contribution is 7.91. The first-order valence-electron chi connectivity index (χ1n) is 5.70. The van der Waals surface area contributed by atoms with Gasteiger partial charge < -0.3 is 10.8 Å². The molecule has 0 fully saturated rings. The number of benzene rings is 1. The molecular weight excluding hydrogens is 276 g/mol. The van der Waals surface area contributed by atoms with Gasteiger partial charge in [0, 0.05) is 24.8 Å². The maximum absolute atomic E-state index is 13.7. The third-order valence-corrected chi connectivity index (χ3v) is 4.81. The summed E-state index contributed by atoms with van der Waals surface area (Å²) in [6.45, 7) is 1.17. The van der Waals surface area contributed by atoms with Crippen LogP contribution in [0.2, 0.25) is 0 Å². The van der Waals surface area contributed by atoms with Crippen LogP contribution in [-0.2, 0) is 9.84 Å². The molecule has 19 heavy (non-hydrogen) atoms. The van der Waals surface area contributed by atoms with Gasteiger partial charge in [0.25, 0.3) is 0 Å². The van der Waals surface area contributed by atoms with Crippen LogP contribution in [0.3, 0.4) is 0 Å². The summed E-state index contributed by atoms with van der Waals surface area (Å²) in [5, 5.41) is 8.95. The third kappa shape index (κ3) is 3.71. The van der Waals surface area contributed by atoms with Gasteiger partial charge in [-0.1, -0.05) is 6.07 Å². The Kier molecular flexibility index (Phi) is 5.00. The summed E-state index contributed by atoms with van der Waals surface area (Å²) >= 11 is 0. The Labute approximate surface area is 111 Å². The minimum atomic E-state index is -3.49. The lowest BCUT2D eigenvalue weighted by Crippen LogP contribution is -2.39. The zero-order valence-corrected chi connectivity index (χ0v) is 11.5. The highest BCUT2D eigenvalue weighted by atomic mass is 32.2. The van der Waals surface area contributed by atoms with Crippen molar-refractivity contribution in [2.24, 2.45) is 5.73 Å². The summed E-state index contributed by atoms with van der Waals surface area (Å²) in [7, 11) is -3.49. The fraction of sp³-hybridized carbons (Fsp3) is 0.500. The molecular formula is C12H17F2NO3S. The van der Waals surface area contributed by atoms with Gasteiger partial charge >= 0.3 is 0 Å². The van der Waals surface area contributed by atoms with E-state index in [2.05, 4.69) is 0 Å². The van der Waals surface area contributed by atoms with Crippen molar-refractivity contribution in [1.29, 1.82) is 0 Å². The molecule has 0 aliphatic carbocycles. The fourth-order valence-electron chi connectivity index (χ4n) is 1.83. The van der Waals surface area contributed by atoms with Crippen LogP contribution in [-0.4, -0.2) is 37.7 Å². The lowest BCUT2D eigenvalue weighted by atomic mass is 9.91. The third-order valence-electron chi connectivity index (χ3n) is 3.18. The largest absolute Gasteiger partial charge is 0.391 e. The van der Waals surface area contributed by atoms with E-state index in [9.17, 15) is 22.3 Å². The highest BCUT2D eigenvalue weighted by Crippen LogP contribution is 2.26. The number of aliphatic hydroxyl groups is 1. The molecule has 1 aromatic rings. The van der Waals surface area contributed by atoms with Crippen molar-refractivity contribution in [1.82, 2.24) is 0 Å². The molecule has 0 radical (unpaired) electrons. The summed E-state index contributed by atoms with van der Waals surface area (Å²) in [5.41, 5.74) is 5.48. The van der Waals surface area contributed by atoms with Gasteiger partial charge in [0.15, 0.2) is 9.84 Å². The maximum atomic E-state index is 13.7. The van der Waals surface area contributed by atoms with E-state index < -0.39 is 38.7 Å². The van der Waals surface area contributed by atoms with Crippen molar-refractivity contribution in [2.45, 2.75) is 24.2 Å². The minimum Gasteiger partial charge on any atom is -0.391 e. The molecule has 108 valence electrons. The Bertz CT molecular complexity index is 548. The van der Waals surface area contributed by atoms with Crippen LogP contribution in [0.5, 0.6) is 0 Å². The number of aliphatic hydroxyl groups excluding tert-OH is 1. The predicted octanol–water partition coefficient (Wildman–Crippen LogP) is 0.801. The topological polar surface area (TPSA) is 80.4 Å². The molecule has 3 atom stereocenters. The summed E-state index contributed by atoms with van der Waals surface area (Å²) < 4.78 is 49.3. The van der Waals surface area contributed by atoms with Gasteiger partial charge in [-0.15, -0.1) is 0 Å². The first-order chi connectivity index (χ1) is 8.68. The molecule has 0 aromatic heterocycles. The molecule has 0 heterocycles. The van der Waals surface area contributed by atoms with Crippen LogP contribution < -0.4 is 5.73 Å². The minimum absolute atomic E-state index is 0.00639. The van der Waals surface area contributed by atoms with E-state index >= 15 is 0 Å². The van der Waals surface area contributed by atoms with Crippen molar-refractivity contribution >= 4 is 9.84 Å². The Balaban J connectivity index is 3.13. The molecule has 0 spiro atoms. The monoisotopic (exact) mass is 293 g/mol. The molecule has 1 rings (SSSR count). The Hall–Kier alpha value is -1.05. The van der Waals surface area contributed by atoms with Gasteiger partial charge in [0.2, 0.25) is 0 Å². The smallest absolute Gasteiger partial charge is 0.152 e. The number of hydrogen-bond donors (Lipinski definition) is 2. The van der Waals surface area contributed by atoms with Crippen LogP contribution >= 0.6 is 0 Å². The van der Waals surface area contributed by atoms with Crippen molar-refractivity contribution in [3.05, 3.63) is 35.4 Å². The second-order valence-corrected chi connectivity index (χ2v) is 6.94. The van der Waals surface area contributed by atoms with Crippen molar-refractivity contribution < 1.29 is 22.3 Å². The molecule has 0 aliphatic rings. The van der Waals surface area contributed by atoms with Crippen LogP contribution in [0, 0.1) is 11.6 Å². The summed E-state index contributed by atoms with van der Waals surface area (Å²) in [6, 6.07) is 2.88. The van der Waals surface area contributed by atoms with E-state index in [1.165, 1.54) is 13.0 Å². The molecule has 0 aliphatic heterocycles. The van der Waals surface area contributed by atoms with Crippen LogP contribution in [0.25, 0.3) is 0 Å². The molecule has 0 bridgehead atoms. The van der Waals surface area contributed by atoms with Gasteiger partial charge in [-0.05, 0) is 18.6 Å². The highest BCUT2D eigenvalue weighted by Gasteiger charge is 2.32. The average Bonchev–Trinajstić information content (AvgIpc) is 2.30. The quantitative estimate of drug-likeness (QED) is 0.841.